The molecule has 98 valence electrons. The van der Waals surface area contributed by atoms with Crippen molar-refractivity contribution in [2.24, 2.45) is 0 Å². The van der Waals surface area contributed by atoms with Gasteiger partial charge in [-0.25, -0.2) is 0 Å². The molecule has 0 saturated carbocycles. The smallest absolute Gasteiger partial charge is 0.327 e. The summed E-state index contributed by atoms with van der Waals surface area (Å²) in [4.78, 5) is 10.1. The zero-order valence-electron chi connectivity index (χ0n) is 10.1. The fourth-order valence-corrected chi connectivity index (χ4v) is 1.66. The van der Waals surface area contributed by atoms with Crippen molar-refractivity contribution in [2.75, 3.05) is 12.4 Å². The third kappa shape index (κ3) is 2.79. The van der Waals surface area contributed by atoms with Crippen molar-refractivity contribution < 1.29 is 14.1 Å². The number of nitrogens with one attached hydrogen (secondary N) is 1. The van der Waals surface area contributed by atoms with Gasteiger partial charge in [0.25, 0.3) is 0 Å². The van der Waals surface area contributed by atoms with E-state index in [-0.39, 0.29) is 5.69 Å². The molecule has 0 fully saturated rings. The van der Waals surface area contributed by atoms with Gasteiger partial charge in [0.1, 0.15) is 11.4 Å². The highest BCUT2D eigenvalue weighted by atomic mass is 19.1. The SMILES string of the molecule is COc1cccc(Nc2cccc(F)c2[N+](=O)[O-])c1. The Kier molecular flexibility index (Phi) is 3.61. The average Bonchev–Trinajstić information content (AvgIpc) is 2.38. The number of hydrogen-bond acceptors (Lipinski definition) is 4. The molecule has 0 aliphatic carbocycles. The van der Waals surface area contributed by atoms with Crippen LogP contribution in [0.1, 0.15) is 0 Å². The third-order valence-corrected chi connectivity index (χ3v) is 2.52. The summed E-state index contributed by atoms with van der Waals surface area (Å²) in [6.07, 6.45) is 0. The van der Waals surface area contributed by atoms with E-state index in [4.69, 9.17) is 4.74 Å². The Bertz CT molecular complexity index is 617. The number of nitro groups is 1. The second kappa shape index (κ2) is 5.34. The fraction of sp³-hybridized carbons (Fsp3) is 0.0769. The molecule has 0 amide bonds. The molecule has 6 heteroatoms. The lowest BCUT2D eigenvalue weighted by molar-refractivity contribution is -0.386. The number of nitro benzene ring substituents is 1. The van der Waals surface area contributed by atoms with Crippen LogP contribution in [-0.4, -0.2) is 12.0 Å². The van der Waals surface area contributed by atoms with Crippen LogP contribution in [0.5, 0.6) is 5.75 Å². The van der Waals surface area contributed by atoms with Gasteiger partial charge in [0.2, 0.25) is 5.82 Å². The summed E-state index contributed by atoms with van der Waals surface area (Å²) in [7, 11) is 1.52. The Hall–Kier alpha value is -2.63. The molecule has 0 unspecified atom stereocenters. The highest BCUT2D eigenvalue weighted by Gasteiger charge is 2.19. The molecular formula is C13H11FN2O3. The predicted octanol–water partition coefficient (Wildman–Crippen LogP) is 3.49. The molecule has 0 aromatic heterocycles. The van der Waals surface area contributed by atoms with Crippen molar-refractivity contribution in [2.45, 2.75) is 0 Å². The van der Waals surface area contributed by atoms with Gasteiger partial charge in [-0.2, -0.15) is 4.39 Å². The minimum atomic E-state index is -0.877. The average molecular weight is 262 g/mol. The number of nitrogens with zero attached hydrogens (tertiary/aromatic N) is 1. The van der Waals surface area contributed by atoms with Crippen LogP contribution in [-0.2, 0) is 0 Å². The molecule has 0 aliphatic heterocycles. The summed E-state index contributed by atoms with van der Waals surface area (Å²) in [5, 5.41) is 13.7. The molecular weight excluding hydrogens is 251 g/mol. The quantitative estimate of drug-likeness (QED) is 0.676. The second-order valence-electron chi connectivity index (χ2n) is 3.75. The largest absolute Gasteiger partial charge is 0.497 e. The molecule has 0 saturated heterocycles. The lowest BCUT2D eigenvalue weighted by Crippen LogP contribution is -1.99. The predicted molar refractivity (Wildman–Crippen MR) is 69.3 cm³/mol. The van der Waals surface area contributed by atoms with Gasteiger partial charge < -0.3 is 10.1 Å². The highest BCUT2D eigenvalue weighted by Crippen LogP contribution is 2.30. The first-order chi connectivity index (χ1) is 9.11. The van der Waals surface area contributed by atoms with Crippen molar-refractivity contribution in [1.29, 1.82) is 0 Å². The first kappa shape index (κ1) is 12.8. The van der Waals surface area contributed by atoms with Gasteiger partial charge in [0, 0.05) is 11.8 Å². The maximum atomic E-state index is 13.4. The van der Waals surface area contributed by atoms with Crippen LogP contribution in [0, 0.1) is 15.9 Å². The molecule has 19 heavy (non-hydrogen) atoms. The van der Waals surface area contributed by atoms with E-state index in [1.165, 1.54) is 19.2 Å². The number of hydrogen-bond donors (Lipinski definition) is 1. The third-order valence-electron chi connectivity index (χ3n) is 2.52. The zero-order valence-corrected chi connectivity index (χ0v) is 10.1. The molecule has 0 bridgehead atoms. The molecule has 0 heterocycles. The maximum Gasteiger partial charge on any atom is 0.327 e. The van der Waals surface area contributed by atoms with Crippen LogP contribution in [0.4, 0.5) is 21.5 Å². The standard InChI is InChI=1S/C13H11FN2O3/c1-19-10-5-2-4-9(8-10)15-12-7-3-6-11(14)13(12)16(17)18/h2-8,15H,1H3. The van der Waals surface area contributed by atoms with Crippen molar-refractivity contribution in [1.82, 2.24) is 0 Å². The number of benzene rings is 2. The fourth-order valence-electron chi connectivity index (χ4n) is 1.66. The van der Waals surface area contributed by atoms with Gasteiger partial charge in [-0.15, -0.1) is 0 Å². The van der Waals surface area contributed by atoms with Crippen LogP contribution in [0.2, 0.25) is 0 Å². The van der Waals surface area contributed by atoms with Gasteiger partial charge in [0.05, 0.1) is 12.0 Å². The van der Waals surface area contributed by atoms with Gasteiger partial charge in [-0.3, -0.25) is 10.1 Å². The van der Waals surface area contributed by atoms with E-state index in [1.807, 2.05) is 0 Å². The Morgan fingerprint density at radius 1 is 1.26 bits per heavy atom. The Morgan fingerprint density at radius 2 is 2.00 bits per heavy atom. The number of rotatable bonds is 4. The van der Waals surface area contributed by atoms with E-state index in [1.54, 1.807) is 24.3 Å². The number of anilines is 2. The maximum absolute atomic E-state index is 13.4. The molecule has 0 spiro atoms. The molecule has 1 N–H and O–H groups in total. The van der Waals surface area contributed by atoms with Crippen LogP contribution in [0.25, 0.3) is 0 Å². The Morgan fingerprint density at radius 3 is 2.68 bits per heavy atom. The van der Waals surface area contributed by atoms with Crippen molar-refractivity contribution in [3.05, 3.63) is 58.4 Å². The lowest BCUT2D eigenvalue weighted by Gasteiger charge is -2.08. The lowest BCUT2D eigenvalue weighted by atomic mass is 10.2. The molecule has 2 rings (SSSR count). The van der Waals surface area contributed by atoms with E-state index in [0.717, 1.165) is 6.07 Å². The summed E-state index contributed by atoms with van der Waals surface area (Å²) in [6, 6.07) is 10.7. The highest BCUT2D eigenvalue weighted by molar-refractivity contribution is 5.70. The molecule has 0 atom stereocenters. The summed E-state index contributed by atoms with van der Waals surface area (Å²) < 4.78 is 18.5. The number of methoxy groups -OCH3 is 1. The van der Waals surface area contributed by atoms with Crippen LogP contribution in [0.3, 0.4) is 0 Å². The second-order valence-corrected chi connectivity index (χ2v) is 3.75. The van der Waals surface area contributed by atoms with E-state index < -0.39 is 16.4 Å². The monoisotopic (exact) mass is 262 g/mol. The molecule has 2 aromatic carbocycles. The van der Waals surface area contributed by atoms with Gasteiger partial charge >= 0.3 is 5.69 Å². The topological polar surface area (TPSA) is 64.4 Å². The van der Waals surface area contributed by atoms with Gasteiger partial charge in [-0.05, 0) is 24.3 Å². The van der Waals surface area contributed by atoms with Crippen LogP contribution < -0.4 is 10.1 Å². The van der Waals surface area contributed by atoms with E-state index in [9.17, 15) is 14.5 Å². The summed E-state index contributed by atoms with van der Waals surface area (Å²) in [6.45, 7) is 0. The summed E-state index contributed by atoms with van der Waals surface area (Å²) >= 11 is 0. The summed E-state index contributed by atoms with van der Waals surface area (Å²) in [5.74, 6) is -0.276. The molecule has 0 radical (unpaired) electrons. The molecule has 5 nitrogen and oxygen atoms in total. The van der Waals surface area contributed by atoms with E-state index >= 15 is 0 Å². The Labute approximate surface area is 108 Å². The van der Waals surface area contributed by atoms with Gasteiger partial charge in [-0.1, -0.05) is 12.1 Å². The first-order valence-corrected chi connectivity index (χ1v) is 5.46. The minimum Gasteiger partial charge on any atom is -0.497 e. The van der Waals surface area contributed by atoms with Gasteiger partial charge in [0.15, 0.2) is 0 Å². The van der Waals surface area contributed by atoms with Crippen molar-refractivity contribution in [3.8, 4) is 5.75 Å². The van der Waals surface area contributed by atoms with E-state index in [2.05, 4.69) is 5.32 Å². The van der Waals surface area contributed by atoms with Crippen LogP contribution in [0.15, 0.2) is 42.5 Å². The normalized spacial score (nSPS) is 10.0. The molecule has 2 aromatic rings. The zero-order chi connectivity index (χ0) is 13.8. The number of ether oxygens (including phenoxy) is 1. The summed E-state index contributed by atoms with van der Waals surface area (Å²) in [5.41, 5.74) is 0.0941. The minimum absolute atomic E-state index is 0.0956. The van der Waals surface area contributed by atoms with Crippen LogP contribution >= 0.6 is 0 Å². The van der Waals surface area contributed by atoms with Crippen molar-refractivity contribution in [3.63, 3.8) is 0 Å². The van der Waals surface area contributed by atoms with Crippen molar-refractivity contribution >= 4 is 17.1 Å². The number of halogens is 1. The van der Waals surface area contributed by atoms with E-state index in [0.29, 0.717) is 11.4 Å². The number of para-hydroxylation sites is 1. The first-order valence-electron chi connectivity index (χ1n) is 5.46. The Balaban J connectivity index is 2.38. The molecule has 0 aliphatic rings.